The lowest BCUT2D eigenvalue weighted by Crippen LogP contribution is -2.15. The number of para-hydroxylation sites is 1. The van der Waals surface area contributed by atoms with Gasteiger partial charge in [0.1, 0.15) is 0 Å². The third kappa shape index (κ3) is 9.78. The van der Waals surface area contributed by atoms with Crippen LogP contribution in [0.4, 0.5) is 5.69 Å². The highest BCUT2D eigenvalue weighted by Gasteiger charge is 2.05. The van der Waals surface area contributed by atoms with Crippen molar-refractivity contribution < 1.29 is 0 Å². The average Bonchev–Trinajstić information content (AvgIpc) is 2.60. The fraction of sp³-hybridized carbons (Fsp3) is 0.474. The summed E-state index contributed by atoms with van der Waals surface area (Å²) >= 11 is 0. The minimum atomic E-state index is 0.839. The average molecular weight is 293 g/mol. The lowest BCUT2D eigenvalue weighted by Gasteiger charge is -2.16. The second-order valence-corrected chi connectivity index (χ2v) is 3.51. The molecule has 0 aliphatic carbocycles. The predicted octanol–water partition coefficient (Wildman–Crippen LogP) is 5.77. The Balaban J connectivity index is -0.000000478. The third-order valence-electron chi connectivity index (χ3n) is 2.58. The van der Waals surface area contributed by atoms with E-state index in [4.69, 9.17) is 0 Å². The van der Waals surface area contributed by atoms with Crippen molar-refractivity contribution >= 4 is 5.69 Å². The molecule has 0 bridgehead atoms. The van der Waals surface area contributed by atoms with E-state index < -0.39 is 0 Å². The number of benzene rings is 1. The van der Waals surface area contributed by atoms with Gasteiger partial charge < -0.3 is 10.6 Å². The number of hydrogen-bond donors (Lipinski definition) is 2. The molecule has 0 amide bonds. The zero-order valence-corrected chi connectivity index (χ0v) is 15.3. The van der Waals surface area contributed by atoms with Crippen molar-refractivity contribution in [2.75, 3.05) is 12.4 Å². The standard InChI is InChI=1S/C13H20N2.2C2H6.C2H4/c1-5-11-8-7-9-12(6-2)13(11)15-10(3)14-4;3*1-2/h7-9,14-15H,3,5-6H2,1-2,4H3;2*1-2H3;1-2H2. The Bertz CT molecular complexity index is 334. The molecule has 0 heterocycles. The molecular weight excluding hydrogens is 256 g/mol. The van der Waals surface area contributed by atoms with Crippen LogP contribution in [0.1, 0.15) is 52.7 Å². The molecule has 2 heteroatoms. The van der Waals surface area contributed by atoms with Gasteiger partial charge in [-0.05, 0) is 24.0 Å². The molecule has 0 aliphatic heterocycles. The number of rotatable bonds is 5. The highest BCUT2D eigenvalue weighted by atomic mass is 15.1. The molecule has 0 saturated heterocycles. The minimum absolute atomic E-state index is 0.839. The Kier molecular flexibility index (Phi) is 21.2. The van der Waals surface area contributed by atoms with Crippen molar-refractivity contribution in [3.8, 4) is 0 Å². The monoisotopic (exact) mass is 292 g/mol. The first kappa shape index (κ1) is 24.3. The topological polar surface area (TPSA) is 24.1 Å². The van der Waals surface area contributed by atoms with E-state index in [2.05, 4.69) is 62.4 Å². The Hall–Kier alpha value is -1.70. The van der Waals surface area contributed by atoms with Crippen molar-refractivity contribution in [2.24, 2.45) is 0 Å². The highest BCUT2D eigenvalue weighted by Crippen LogP contribution is 2.23. The van der Waals surface area contributed by atoms with Crippen LogP contribution in [0.15, 0.2) is 43.8 Å². The zero-order valence-electron chi connectivity index (χ0n) is 15.3. The van der Waals surface area contributed by atoms with E-state index in [0.717, 1.165) is 18.7 Å². The normalized spacial score (nSPS) is 7.76. The van der Waals surface area contributed by atoms with Gasteiger partial charge in [-0.3, -0.25) is 0 Å². The van der Waals surface area contributed by atoms with Gasteiger partial charge in [0.2, 0.25) is 0 Å². The molecule has 2 nitrogen and oxygen atoms in total. The molecule has 0 fully saturated rings. The second kappa shape index (κ2) is 18.3. The van der Waals surface area contributed by atoms with Crippen molar-refractivity contribution in [1.29, 1.82) is 0 Å². The fourth-order valence-corrected chi connectivity index (χ4v) is 1.62. The van der Waals surface area contributed by atoms with Gasteiger partial charge in [0.15, 0.2) is 0 Å². The smallest absolute Gasteiger partial charge is 0.0954 e. The molecule has 0 aromatic heterocycles. The van der Waals surface area contributed by atoms with Gasteiger partial charge in [-0.15, -0.1) is 13.2 Å². The van der Waals surface area contributed by atoms with Crippen LogP contribution in [-0.4, -0.2) is 7.05 Å². The molecule has 122 valence electrons. The maximum absolute atomic E-state index is 3.90. The quantitative estimate of drug-likeness (QED) is 0.673. The van der Waals surface area contributed by atoms with Gasteiger partial charge in [0, 0.05) is 12.7 Å². The van der Waals surface area contributed by atoms with Crippen molar-refractivity contribution in [3.05, 3.63) is 54.9 Å². The van der Waals surface area contributed by atoms with Crippen molar-refractivity contribution in [3.63, 3.8) is 0 Å². The van der Waals surface area contributed by atoms with Crippen LogP contribution in [-0.2, 0) is 12.8 Å². The maximum Gasteiger partial charge on any atom is 0.0954 e. The molecule has 0 aliphatic rings. The summed E-state index contributed by atoms with van der Waals surface area (Å²) in [7, 11) is 1.87. The Labute approximate surface area is 133 Å². The summed E-state index contributed by atoms with van der Waals surface area (Å²) in [5, 5.41) is 6.34. The summed E-state index contributed by atoms with van der Waals surface area (Å²) in [5.41, 5.74) is 3.89. The SMILES string of the molecule is C=C.C=C(NC)Nc1c(CC)cccc1CC.CC.CC. The van der Waals surface area contributed by atoms with Gasteiger partial charge in [-0.2, -0.15) is 0 Å². The van der Waals surface area contributed by atoms with Crippen LogP contribution in [0.2, 0.25) is 0 Å². The molecule has 0 unspecified atom stereocenters. The molecule has 0 atom stereocenters. The molecule has 0 saturated carbocycles. The number of aryl methyl sites for hydroxylation is 2. The molecular formula is C19H36N2. The second-order valence-electron chi connectivity index (χ2n) is 3.51. The molecule has 0 radical (unpaired) electrons. The van der Waals surface area contributed by atoms with E-state index in [1.165, 1.54) is 16.8 Å². The lowest BCUT2D eigenvalue weighted by molar-refractivity contribution is 0.990. The molecule has 1 aromatic carbocycles. The molecule has 0 spiro atoms. The number of nitrogens with one attached hydrogen (secondary N) is 2. The summed E-state index contributed by atoms with van der Waals surface area (Å²) in [6.45, 7) is 22.2. The summed E-state index contributed by atoms with van der Waals surface area (Å²) in [6, 6.07) is 6.43. The first-order valence-corrected chi connectivity index (χ1v) is 7.97. The van der Waals surface area contributed by atoms with Crippen LogP contribution >= 0.6 is 0 Å². The van der Waals surface area contributed by atoms with Gasteiger partial charge in [0.25, 0.3) is 0 Å². The van der Waals surface area contributed by atoms with Crippen molar-refractivity contribution in [1.82, 2.24) is 5.32 Å². The van der Waals surface area contributed by atoms with E-state index in [1.54, 1.807) is 0 Å². The highest BCUT2D eigenvalue weighted by molar-refractivity contribution is 5.60. The zero-order chi connectivity index (χ0) is 17.3. The van der Waals surface area contributed by atoms with Gasteiger partial charge >= 0.3 is 0 Å². The summed E-state index contributed by atoms with van der Waals surface area (Å²) in [6.07, 6.45) is 2.07. The summed E-state index contributed by atoms with van der Waals surface area (Å²) in [5.74, 6) is 0.839. The summed E-state index contributed by atoms with van der Waals surface area (Å²) in [4.78, 5) is 0. The first-order valence-electron chi connectivity index (χ1n) is 7.97. The van der Waals surface area contributed by atoms with Crippen LogP contribution in [0.3, 0.4) is 0 Å². The van der Waals surface area contributed by atoms with Gasteiger partial charge in [0.05, 0.1) is 5.82 Å². The molecule has 21 heavy (non-hydrogen) atoms. The van der Waals surface area contributed by atoms with Crippen LogP contribution in [0, 0.1) is 0 Å². The van der Waals surface area contributed by atoms with E-state index in [-0.39, 0.29) is 0 Å². The first-order chi connectivity index (χ1) is 10.2. The number of anilines is 1. The van der Waals surface area contributed by atoms with E-state index in [1.807, 2.05) is 34.7 Å². The Morgan fingerprint density at radius 1 is 0.952 bits per heavy atom. The Morgan fingerprint density at radius 3 is 1.62 bits per heavy atom. The Morgan fingerprint density at radius 2 is 1.33 bits per heavy atom. The van der Waals surface area contributed by atoms with Gasteiger partial charge in [-0.1, -0.05) is 66.3 Å². The lowest BCUT2D eigenvalue weighted by atomic mass is 10.0. The number of hydrogen-bond acceptors (Lipinski definition) is 2. The molecule has 1 aromatic rings. The van der Waals surface area contributed by atoms with Crippen LogP contribution in [0.5, 0.6) is 0 Å². The molecule has 2 N–H and O–H groups in total. The van der Waals surface area contributed by atoms with Crippen molar-refractivity contribution in [2.45, 2.75) is 54.4 Å². The fourth-order valence-electron chi connectivity index (χ4n) is 1.62. The van der Waals surface area contributed by atoms with Crippen LogP contribution in [0.25, 0.3) is 0 Å². The van der Waals surface area contributed by atoms with E-state index in [9.17, 15) is 0 Å². The largest absolute Gasteiger partial charge is 0.375 e. The van der Waals surface area contributed by atoms with Crippen LogP contribution < -0.4 is 10.6 Å². The van der Waals surface area contributed by atoms with E-state index >= 15 is 0 Å². The van der Waals surface area contributed by atoms with Gasteiger partial charge in [-0.25, -0.2) is 0 Å². The predicted molar refractivity (Wildman–Crippen MR) is 101 cm³/mol. The molecule has 1 rings (SSSR count). The minimum Gasteiger partial charge on any atom is -0.375 e. The summed E-state index contributed by atoms with van der Waals surface area (Å²) < 4.78 is 0. The third-order valence-corrected chi connectivity index (χ3v) is 2.58. The van der Waals surface area contributed by atoms with E-state index in [0.29, 0.717) is 0 Å². The maximum atomic E-state index is 3.90.